The first-order valence-corrected chi connectivity index (χ1v) is 9.04. The molecule has 0 radical (unpaired) electrons. The van der Waals surface area contributed by atoms with Crippen molar-refractivity contribution in [2.24, 2.45) is 0 Å². The Morgan fingerprint density at radius 1 is 0.864 bits per heavy atom. The molecule has 118 valence electrons. The van der Waals surface area contributed by atoms with Gasteiger partial charge in [0.25, 0.3) is 0 Å². The van der Waals surface area contributed by atoms with Gasteiger partial charge in [-0.15, -0.1) is 0 Å². The van der Waals surface area contributed by atoms with Gasteiger partial charge in [-0.1, -0.05) is 85.3 Å². The largest absolute Gasteiger partial charge is 0.206 e. The summed E-state index contributed by atoms with van der Waals surface area (Å²) in [6, 6.07) is 13.5. The summed E-state index contributed by atoms with van der Waals surface area (Å²) in [4.78, 5) is 0. The van der Waals surface area contributed by atoms with Crippen molar-refractivity contribution in [3.63, 3.8) is 0 Å². The Balaban J connectivity index is 1.87. The second kappa shape index (κ2) is 9.09. The van der Waals surface area contributed by atoms with E-state index in [1.807, 2.05) is 24.3 Å². The van der Waals surface area contributed by atoms with Gasteiger partial charge in [-0.25, -0.2) is 4.39 Å². The molecule has 0 saturated carbocycles. The first kappa shape index (κ1) is 17.2. The van der Waals surface area contributed by atoms with Crippen LogP contribution in [-0.2, 0) is 6.42 Å². The zero-order valence-electron chi connectivity index (χ0n) is 13.2. The van der Waals surface area contributed by atoms with Crippen molar-refractivity contribution < 1.29 is 4.39 Å². The summed E-state index contributed by atoms with van der Waals surface area (Å²) in [5.74, 6) is -0.182. The number of unbranched alkanes of at least 4 members (excludes halogenated alkanes) is 5. The predicted molar refractivity (Wildman–Crippen MR) is 96.6 cm³/mol. The fourth-order valence-corrected chi connectivity index (χ4v) is 3.02. The van der Waals surface area contributed by atoms with Crippen molar-refractivity contribution in [2.75, 3.05) is 0 Å². The first-order valence-electron chi connectivity index (χ1n) is 8.25. The van der Waals surface area contributed by atoms with Gasteiger partial charge in [-0.05, 0) is 36.1 Å². The highest BCUT2D eigenvalue weighted by Crippen LogP contribution is 2.26. The van der Waals surface area contributed by atoms with Gasteiger partial charge in [-0.2, -0.15) is 0 Å². The van der Waals surface area contributed by atoms with Crippen molar-refractivity contribution >= 4 is 15.9 Å². The molecular weight excluding hydrogens is 339 g/mol. The minimum absolute atomic E-state index is 0.182. The number of rotatable bonds is 8. The Hall–Kier alpha value is -1.15. The number of hydrogen-bond donors (Lipinski definition) is 0. The quantitative estimate of drug-likeness (QED) is 0.437. The summed E-state index contributed by atoms with van der Waals surface area (Å²) in [6.45, 7) is 2.25. The van der Waals surface area contributed by atoms with Crippen LogP contribution in [0.4, 0.5) is 4.39 Å². The lowest BCUT2D eigenvalue weighted by Gasteiger charge is -2.06. The van der Waals surface area contributed by atoms with E-state index in [1.54, 1.807) is 0 Å². The van der Waals surface area contributed by atoms with Crippen molar-refractivity contribution in [3.8, 4) is 11.1 Å². The van der Waals surface area contributed by atoms with Crippen molar-refractivity contribution in [1.29, 1.82) is 0 Å². The Bertz CT molecular complexity index is 575. The van der Waals surface area contributed by atoms with Gasteiger partial charge < -0.3 is 0 Å². The van der Waals surface area contributed by atoms with E-state index in [4.69, 9.17) is 0 Å². The Labute approximate surface area is 141 Å². The lowest BCUT2D eigenvalue weighted by Crippen LogP contribution is -1.88. The zero-order valence-corrected chi connectivity index (χ0v) is 14.8. The minimum atomic E-state index is -0.182. The van der Waals surface area contributed by atoms with E-state index in [0.717, 1.165) is 16.5 Å². The van der Waals surface area contributed by atoms with Crippen LogP contribution >= 0.6 is 15.9 Å². The van der Waals surface area contributed by atoms with Crippen molar-refractivity contribution in [3.05, 3.63) is 58.3 Å². The second-order valence-corrected chi connectivity index (χ2v) is 6.75. The van der Waals surface area contributed by atoms with Crippen molar-refractivity contribution in [1.82, 2.24) is 0 Å². The molecule has 2 aromatic rings. The maximum Gasteiger partial charge on any atom is 0.132 e. The van der Waals surface area contributed by atoms with Gasteiger partial charge in [0.2, 0.25) is 0 Å². The smallest absolute Gasteiger partial charge is 0.132 e. The second-order valence-electron chi connectivity index (χ2n) is 5.84. The number of benzene rings is 2. The van der Waals surface area contributed by atoms with E-state index in [1.165, 1.54) is 50.2 Å². The molecule has 2 aromatic carbocycles. The molecule has 0 N–H and O–H groups in total. The molecule has 22 heavy (non-hydrogen) atoms. The standard InChI is InChI=1S/C20H24BrF/c1-2-3-4-5-6-7-8-16-9-11-17(12-10-16)19-14-13-18(21)15-20(19)22/h9-15H,2-8H2,1H3. The van der Waals surface area contributed by atoms with E-state index >= 15 is 0 Å². The van der Waals surface area contributed by atoms with Gasteiger partial charge >= 0.3 is 0 Å². The van der Waals surface area contributed by atoms with E-state index in [9.17, 15) is 4.39 Å². The predicted octanol–water partition coefficient (Wildman–Crippen LogP) is 7.16. The van der Waals surface area contributed by atoms with Crippen LogP contribution < -0.4 is 0 Å². The maximum atomic E-state index is 14.0. The van der Waals surface area contributed by atoms with Crippen LogP contribution in [0.5, 0.6) is 0 Å². The SMILES string of the molecule is CCCCCCCCc1ccc(-c2ccc(Br)cc2F)cc1. The highest BCUT2D eigenvalue weighted by molar-refractivity contribution is 9.10. The lowest BCUT2D eigenvalue weighted by atomic mass is 10.0. The average molecular weight is 363 g/mol. The number of halogens is 2. The Morgan fingerprint density at radius 2 is 1.55 bits per heavy atom. The van der Waals surface area contributed by atoms with Crippen LogP contribution in [0.2, 0.25) is 0 Å². The molecule has 0 atom stereocenters. The van der Waals surface area contributed by atoms with E-state index in [0.29, 0.717) is 5.56 Å². The lowest BCUT2D eigenvalue weighted by molar-refractivity contribution is 0.607. The first-order chi connectivity index (χ1) is 10.7. The van der Waals surface area contributed by atoms with Crippen LogP contribution in [0.25, 0.3) is 11.1 Å². The molecule has 2 rings (SSSR count). The fraction of sp³-hybridized carbons (Fsp3) is 0.400. The summed E-state index contributed by atoms with van der Waals surface area (Å²) < 4.78 is 14.7. The fourth-order valence-electron chi connectivity index (χ4n) is 2.68. The molecule has 0 bridgehead atoms. The molecule has 0 saturated heterocycles. The average Bonchev–Trinajstić information content (AvgIpc) is 2.52. The van der Waals surface area contributed by atoms with Crippen LogP contribution in [0, 0.1) is 5.82 Å². The van der Waals surface area contributed by atoms with E-state index < -0.39 is 0 Å². The van der Waals surface area contributed by atoms with Crippen molar-refractivity contribution in [2.45, 2.75) is 51.9 Å². The Kier molecular flexibility index (Phi) is 7.11. The summed E-state index contributed by atoms with van der Waals surface area (Å²) in [5.41, 5.74) is 2.95. The molecule has 0 spiro atoms. The van der Waals surface area contributed by atoms with E-state index in [-0.39, 0.29) is 5.82 Å². The molecule has 0 amide bonds. The molecule has 0 aliphatic rings. The van der Waals surface area contributed by atoms with Gasteiger partial charge in [-0.3, -0.25) is 0 Å². The van der Waals surface area contributed by atoms with Crippen LogP contribution in [-0.4, -0.2) is 0 Å². The van der Waals surface area contributed by atoms with Crippen LogP contribution in [0.1, 0.15) is 51.0 Å². The third-order valence-corrected chi connectivity index (χ3v) is 4.51. The maximum absolute atomic E-state index is 14.0. The third-order valence-electron chi connectivity index (χ3n) is 4.02. The normalized spacial score (nSPS) is 10.9. The summed E-state index contributed by atoms with van der Waals surface area (Å²) in [7, 11) is 0. The highest BCUT2D eigenvalue weighted by Gasteiger charge is 2.05. The monoisotopic (exact) mass is 362 g/mol. The molecule has 0 unspecified atom stereocenters. The minimum Gasteiger partial charge on any atom is -0.206 e. The van der Waals surface area contributed by atoms with Gasteiger partial charge in [0, 0.05) is 10.0 Å². The van der Waals surface area contributed by atoms with Gasteiger partial charge in [0.15, 0.2) is 0 Å². The van der Waals surface area contributed by atoms with Crippen LogP contribution in [0.3, 0.4) is 0 Å². The molecule has 0 nitrogen and oxygen atoms in total. The summed E-state index contributed by atoms with van der Waals surface area (Å²) >= 11 is 3.29. The summed E-state index contributed by atoms with van der Waals surface area (Å²) in [6.07, 6.45) is 9.03. The third kappa shape index (κ3) is 5.24. The van der Waals surface area contributed by atoms with Gasteiger partial charge in [0.1, 0.15) is 5.82 Å². The molecule has 0 fully saturated rings. The molecule has 0 aliphatic carbocycles. The molecule has 0 aromatic heterocycles. The van der Waals surface area contributed by atoms with E-state index in [2.05, 4.69) is 35.0 Å². The van der Waals surface area contributed by atoms with Crippen LogP contribution in [0.15, 0.2) is 46.9 Å². The van der Waals surface area contributed by atoms with Gasteiger partial charge in [0.05, 0.1) is 0 Å². The topological polar surface area (TPSA) is 0 Å². The summed E-state index contributed by atoms with van der Waals surface area (Å²) in [5, 5.41) is 0. The Morgan fingerprint density at radius 3 is 2.23 bits per heavy atom. The number of hydrogen-bond acceptors (Lipinski definition) is 0. The molecule has 2 heteroatoms. The molecule has 0 aliphatic heterocycles. The molecule has 0 heterocycles. The highest BCUT2D eigenvalue weighted by atomic mass is 79.9. The number of aryl methyl sites for hydroxylation is 1. The zero-order chi connectivity index (χ0) is 15.8. The molecular formula is C20H24BrF.